The maximum atomic E-state index is 13.0. The minimum atomic E-state index is -4.32. The zero-order chi connectivity index (χ0) is 54.2. The fourth-order valence-corrected chi connectivity index (χ4v) is 11.1. The molecule has 0 aliphatic rings. The normalized spacial score (nSPS) is 13.8. The first-order chi connectivity index (χ1) is 36.0. The topological polar surface area (TPSA) is 105 Å². The van der Waals surface area contributed by atoms with Crippen LogP contribution in [0.2, 0.25) is 0 Å². The van der Waals surface area contributed by atoms with Crippen LogP contribution in [-0.2, 0) is 18.4 Å². The Morgan fingerprint density at radius 1 is 0.446 bits per heavy atom. The molecule has 0 bridgehead atoms. The number of rotatable bonds is 62. The number of hydrogen-bond acceptors (Lipinski definition) is 5. The van der Waals surface area contributed by atoms with Crippen LogP contribution in [0.3, 0.4) is 0 Å². The second-order valence-corrected chi connectivity index (χ2v) is 25.7. The first-order valence-corrected chi connectivity index (χ1v) is 34.5. The van der Waals surface area contributed by atoms with E-state index in [0.717, 1.165) is 38.5 Å². The van der Waals surface area contributed by atoms with Gasteiger partial charge in [0.25, 0.3) is 0 Å². The van der Waals surface area contributed by atoms with Crippen molar-refractivity contribution in [1.29, 1.82) is 0 Å². The average Bonchev–Trinajstić information content (AvgIpc) is 3.36. The highest BCUT2D eigenvalue weighted by atomic mass is 31.2. The van der Waals surface area contributed by atoms with E-state index in [1.807, 2.05) is 21.1 Å². The molecule has 0 heterocycles. The molecule has 3 N–H and O–H groups in total. The number of unbranched alkanes of at least 4 members (excludes halogenated alkanes) is 47. The Morgan fingerprint density at radius 2 is 0.730 bits per heavy atom. The summed E-state index contributed by atoms with van der Waals surface area (Å²) in [6.07, 6.45) is 71.6. The van der Waals surface area contributed by atoms with Gasteiger partial charge in [0.2, 0.25) is 5.91 Å². The van der Waals surface area contributed by atoms with E-state index < -0.39 is 20.0 Å². The molecule has 0 saturated heterocycles. The maximum absolute atomic E-state index is 13.0. The third-order valence-corrected chi connectivity index (χ3v) is 16.5. The number of amides is 1. The second kappa shape index (κ2) is 56.9. The van der Waals surface area contributed by atoms with Crippen molar-refractivity contribution < 1.29 is 32.9 Å². The molecule has 8 nitrogen and oxygen atoms in total. The molecular formula is C65H132N2O6P+. The molecule has 0 aromatic rings. The maximum Gasteiger partial charge on any atom is 0.472 e. The first-order valence-electron chi connectivity index (χ1n) is 33.1. The van der Waals surface area contributed by atoms with Gasteiger partial charge in [-0.1, -0.05) is 315 Å². The number of carbonyl (C=O) groups excluding carboxylic acids is 1. The zero-order valence-electron chi connectivity index (χ0n) is 50.6. The molecule has 3 unspecified atom stereocenters. The van der Waals surface area contributed by atoms with Crippen molar-refractivity contribution in [2.45, 2.75) is 360 Å². The van der Waals surface area contributed by atoms with E-state index in [0.29, 0.717) is 23.9 Å². The second-order valence-electron chi connectivity index (χ2n) is 24.2. The monoisotopic (exact) mass is 1070 g/mol. The van der Waals surface area contributed by atoms with Crippen molar-refractivity contribution >= 4 is 13.7 Å². The van der Waals surface area contributed by atoms with Crippen molar-refractivity contribution in [2.24, 2.45) is 0 Å². The predicted octanol–water partition coefficient (Wildman–Crippen LogP) is 20.6. The molecule has 0 radical (unpaired) electrons. The molecule has 74 heavy (non-hydrogen) atoms. The predicted molar refractivity (Wildman–Crippen MR) is 323 cm³/mol. The highest BCUT2D eigenvalue weighted by molar-refractivity contribution is 7.47. The summed E-state index contributed by atoms with van der Waals surface area (Å²) >= 11 is 0. The Morgan fingerprint density at radius 3 is 1.04 bits per heavy atom. The van der Waals surface area contributed by atoms with E-state index in [2.05, 4.69) is 31.3 Å². The van der Waals surface area contributed by atoms with Gasteiger partial charge in [-0.2, -0.15) is 0 Å². The number of quaternary nitrogens is 1. The quantitative estimate of drug-likeness (QED) is 0.0243. The van der Waals surface area contributed by atoms with E-state index in [1.165, 1.54) is 283 Å². The van der Waals surface area contributed by atoms with Crippen LogP contribution in [0.4, 0.5) is 0 Å². The third kappa shape index (κ3) is 58.9. The van der Waals surface area contributed by atoms with Gasteiger partial charge in [-0.3, -0.25) is 13.8 Å². The largest absolute Gasteiger partial charge is 0.472 e. The molecule has 0 fully saturated rings. The molecule has 9 heteroatoms. The van der Waals surface area contributed by atoms with Crippen LogP contribution in [0.5, 0.6) is 0 Å². The molecule has 0 aliphatic carbocycles. The Balaban J connectivity index is 4.00. The highest BCUT2D eigenvalue weighted by Gasteiger charge is 2.28. The molecule has 0 aromatic heterocycles. The van der Waals surface area contributed by atoms with Crippen molar-refractivity contribution in [3.63, 3.8) is 0 Å². The standard InChI is InChI=1S/C65H131N2O6P/c1-6-8-10-12-14-16-18-20-22-24-26-28-29-30-31-32-33-34-35-36-37-38-39-41-43-45-47-49-51-53-55-57-59-65(69)66-63(62-73-74(70,71)72-61-60-67(3,4)5)64(68)58-56-54-52-50-48-46-44-42-40-27-25-23-21-19-17-15-13-11-9-7-2/h30-31,63-64,68H,6-29,32-62H2,1-5H3,(H-,66,69,70,71)/p+1/b31-30-. The van der Waals surface area contributed by atoms with Gasteiger partial charge in [-0.25, -0.2) is 4.57 Å². The van der Waals surface area contributed by atoms with Crippen LogP contribution in [-0.4, -0.2) is 73.4 Å². The molecule has 0 rings (SSSR count). The Kier molecular flexibility index (Phi) is 56.4. The van der Waals surface area contributed by atoms with Crippen molar-refractivity contribution in [3.8, 4) is 0 Å². The van der Waals surface area contributed by atoms with Crippen molar-refractivity contribution in [3.05, 3.63) is 12.2 Å². The number of likely N-dealkylation sites (N-methyl/N-ethyl adjacent to an activating group) is 1. The number of hydrogen-bond donors (Lipinski definition) is 3. The summed E-state index contributed by atoms with van der Waals surface area (Å²) in [5, 5.41) is 14.1. The number of aliphatic hydroxyl groups is 1. The smallest absolute Gasteiger partial charge is 0.391 e. The van der Waals surface area contributed by atoms with Gasteiger partial charge in [0.1, 0.15) is 13.2 Å². The van der Waals surface area contributed by atoms with Gasteiger partial charge >= 0.3 is 7.82 Å². The van der Waals surface area contributed by atoms with E-state index in [1.54, 1.807) is 0 Å². The first kappa shape index (κ1) is 73.2. The molecule has 442 valence electrons. The van der Waals surface area contributed by atoms with E-state index in [4.69, 9.17) is 9.05 Å². The number of phosphoric acid groups is 1. The lowest BCUT2D eigenvalue weighted by molar-refractivity contribution is -0.870. The number of nitrogens with zero attached hydrogens (tertiary/aromatic N) is 1. The van der Waals surface area contributed by atoms with Crippen LogP contribution in [0.15, 0.2) is 12.2 Å². The van der Waals surface area contributed by atoms with E-state index >= 15 is 0 Å². The summed E-state index contributed by atoms with van der Waals surface area (Å²) < 4.78 is 23.9. The lowest BCUT2D eigenvalue weighted by Gasteiger charge is -2.26. The molecule has 3 atom stereocenters. The van der Waals surface area contributed by atoms with Crippen LogP contribution < -0.4 is 5.32 Å². The molecule has 0 saturated carbocycles. The van der Waals surface area contributed by atoms with Gasteiger partial charge in [0.05, 0.1) is 39.9 Å². The number of carbonyl (C=O) groups is 1. The van der Waals surface area contributed by atoms with Crippen LogP contribution in [0.1, 0.15) is 348 Å². The van der Waals surface area contributed by atoms with Gasteiger partial charge in [0.15, 0.2) is 0 Å². The Bertz CT molecular complexity index is 1210. The fraction of sp³-hybridized carbons (Fsp3) is 0.954. The van der Waals surface area contributed by atoms with E-state index in [-0.39, 0.29) is 19.1 Å². The molecule has 0 spiro atoms. The van der Waals surface area contributed by atoms with Crippen LogP contribution in [0, 0.1) is 0 Å². The molecular weight excluding hydrogens is 936 g/mol. The zero-order valence-corrected chi connectivity index (χ0v) is 51.5. The summed E-state index contributed by atoms with van der Waals surface area (Å²) in [5.41, 5.74) is 0. The van der Waals surface area contributed by atoms with Crippen molar-refractivity contribution in [1.82, 2.24) is 5.32 Å². The number of nitrogens with one attached hydrogen (secondary N) is 1. The van der Waals surface area contributed by atoms with Gasteiger partial charge < -0.3 is 19.8 Å². The number of aliphatic hydroxyl groups excluding tert-OH is 1. The minimum absolute atomic E-state index is 0.0780. The summed E-state index contributed by atoms with van der Waals surface area (Å²) in [4.78, 5) is 23.4. The summed E-state index contributed by atoms with van der Waals surface area (Å²) in [7, 11) is 1.64. The summed E-state index contributed by atoms with van der Waals surface area (Å²) in [6.45, 7) is 4.95. The minimum Gasteiger partial charge on any atom is -0.391 e. The van der Waals surface area contributed by atoms with Gasteiger partial charge in [0, 0.05) is 6.42 Å². The highest BCUT2D eigenvalue weighted by Crippen LogP contribution is 2.43. The van der Waals surface area contributed by atoms with Gasteiger partial charge in [-0.15, -0.1) is 0 Å². The number of allylic oxidation sites excluding steroid dienone is 2. The number of phosphoric ester groups is 1. The molecule has 0 aromatic carbocycles. The summed E-state index contributed by atoms with van der Waals surface area (Å²) in [6, 6.07) is -0.758. The average molecular weight is 1070 g/mol. The van der Waals surface area contributed by atoms with Crippen LogP contribution in [0.25, 0.3) is 0 Å². The Hall–Kier alpha value is -0.760. The van der Waals surface area contributed by atoms with Gasteiger partial charge in [-0.05, 0) is 38.5 Å². The van der Waals surface area contributed by atoms with Crippen molar-refractivity contribution in [2.75, 3.05) is 40.9 Å². The fourth-order valence-electron chi connectivity index (χ4n) is 10.3. The SMILES string of the molecule is CCCCCCCCCCCCCC/C=C\CCCCCCCCCCCCCCCCCCC(=O)NC(COP(=O)(O)OCC[N+](C)(C)C)C(O)CCCCCCCCCCCCCCCCCCCCCC. The molecule has 1 amide bonds. The lowest BCUT2D eigenvalue weighted by Crippen LogP contribution is -2.46. The summed E-state index contributed by atoms with van der Waals surface area (Å²) in [5.74, 6) is -0.136. The van der Waals surface area contributed by atoms with E-state index in [9.17, 15) is 19.4 Å². The third-order valence-electron chi connectivity index (χ3n) is 15.5. The lowest BCUT2D eigenvalue weighted by atomic mass is 10.0. The molecule has 0 aliphatic heterocycles. The van der Waals surface area contributed by atoms with Crippen LogP contribution >= 0.6 is 7.82 Å². The Labute approximate surface area is 462 Å².